The zero-order chi connectivity index (χ0) is 34.6. The van der Waals surface area contributed by atoms with Gasteiger partial charge in [0.05, 0.1) is 17.6 Å². The molecule has 0 saturated heterocycles. The number of carbonyl (C=O) groups excluding carboxylic acids is 4. The SMILES string of the molecule is C[C@H](C(=O)OC(C)(C)C)n1c(=O)n(CC(C(=O)OCc2ccccc2)N(C(=O)OC(C)(C)C)C(=O)OC(C)(C)C)c2ccccc21. The lowest BCUT2D eigenvalue weighted by molar-refractivity contribution is -0.158. The number of fused-ring (bicyclic) bond motifs is 1. The van der Waals surface area contributed by atoms with Crippen molar-refractivity contribution in [3.63, 3.8) is 0 Å². The molecule has 1 aromatic heterocycles. The maximum absolute atomic E-state index is 14.1. The lowest BCUT2D eigenvalue weighted by atomic mass is 10.2. The van der Waals surface area contributed by atoms with Crippen molar-refractivity contribution < 1.29 is 38.1 Å². The molecule has 2 atom stereocenters. The Morgan fingerprint density at radius 1 is 0.696 bits per heavy atom. The number of rotatable bonds is 8. The molecule has 3 aromatic rings. The highest BCUT2D eigenvalue weighted by Gasteiger charge is 2.42. The van der Waals surface area contributed by atoms with E-state index in [0.717, 1.165) is 0 Å². The Bertz CT molecular complexity index is 1590. The molecular formula is C34H45N3O9. The minimum Gasteiger partial charge on any atom is -0.459 e. The molecule has 3 rings (SSSR count). The van der Waals surface area contributed by atoms with Crippen molar-refractivity contribution in [3.05, 3.63) is 70.6 Å². The number of amides is 2. The summed E-state index contributed by atoms with van der Waals surface area (Å²) in [6.45, 7) is 15.6. The van der Waals surface area contributed by atoms with Crippen molar-refractivity contribution >= 4 is 35.2 Å². The van der Waals surface area contributed by atoms with Crippen molar-refractivity contribution in [1.82, 2.24) is 14.0 Å². The van der Waals surface area contributed by atoms with Crippen molar-refractivity contribution in [2.45, 2.75) is 111 Å². The van der Waals surface area contributed by atoms with Gasteiger partial charge in [-0.15, -0.1) is 0 Å². The monoisotopic (exact) mass is 639 g/mol. The number of para-hydroxylation sites is 2. The third-order valence-corrected chi connectivity index (χ3v) is 6.35. The number of hydrogen-bond donors (Lipinski definition) is 0. The number of aromatic nitrogens is 2. The minimum absolute atomic E-state index is 0.168. The first kappa shape index (κ1) is 35.9. The summed E-state index contributed by atoms with van der Waals surface area (Å²) in [7, 11) is 0. The Kier molecular flexibility index (Phi) is 10.8. The number of carbonyl (C=O) groups is 4. The summed E-state index contributed by atoms with van der Waals surface area (Å²) in [5, 5.41) is 0. The highest BCUT2D eigenvalue weighted by Crippen LogP contribution is 2.23. The second-order valence-corrected chi connectivity index (χ2v) is 13.9. The van der Waals surface area contributed by atoms with E-state index in [1.54, 1.807) is 117 Å². The first-order chi connectivity index (χ1) is 21.2. The second-order valence-electron chi connectivity index (χ2n) is 13.9. The molecule has 250 valence electrons. The number of imidazole rings is 1. The van der Waals surface area contributed by atoms with Crippen LogP contribution in [0.25, 0.3) is 11.0 Å². The van der Waals surface area contributed by atoms with E-state index in [2.05, 4.69) is 0 Å². The van der Waals surface area contributed by atoms with Crippen LogP contribution < -0.4 is 5.69 Å². The van der Waals surface area contributed by atoms with Gasteiger partial charge in [0.2, 0.25) is 0 Å². The van der Waals surface area contributed by atoms with Crippen LogP contribution in [0, 0.1) is 0 Å². The standard InChI is InChI=1S/C34H45N3O9/c1-22(27(38)44-32(2,3)4)36-25-19-15-14-18-24(25)35(29(36)40)20-26(28(39)43-21-23-16-12-11-13-17-23)37(30(41)45-33(5,6)7)31(42)46-34(8,9)10/h11-19,22,26H,20-21H2,1-10H3/t22-,26?/m1/s1. The van der Waals surface area contributed by atoms with E-state index >= 15 is 0 Å². The summed E-state index contributed by atoms with van der Waals surface area (Å²) in [6.07, 6.45) is -2.33. The maximum Gasteiger partial charge on any atom is 0.420 e. The largest absolute Gasteiger partial charge is 0.459 e. The summed E-state index contributed by atoms with van der Waals surface area (Å²) >= 11 is 0. The lowest BCUT2D eigenvalue weighted by Gasteiger charge is -2.32. The lowest BCUT2D eigenvalue weighted by Crippen LogP contribution is -2.54. The molecule has 0 aliphatic heterocycles. The first-order valence-corrected chi connectivity index (χ1v) is 15.1. The highest BCUT2D eigenvalue weighted by molar-refractivity contribution is 5.94. The van der Waals surface area contributed by atoms with Gasteiger partial charge in [-0.25, -0.2) is 24.0 Å². The van der Waals surface area contributed by atoms with Crippen LogP contribution in [0.4, 0.5) is 9.59 Å². The number of hydrogen-bond acceptors (Lipinski definition) is 9. The molecule has 1 unspecified atom stereocenters. The smallest absolute Gasteiger partial charge is 0.420 e. The molecule has 1 heterocycles. The van der Waals surface area contributed by atoms with Gasteiger partial charge in [-0.1, -0.05) is 42.5 Å². The van der Waals surface area contributed by atoms with Crippen LogP contribution in [0.5, 0.6) is 0 Å². The predicted octanol–water partition coefficient (Wildman–Crippen LogP) is 5.99. The second kappa shape index (κ2) is 13.8. The molecule has 0 aliphatic rings. The van der Waals surface area contributed by atoms with Gasteiger partial charge in [0.25, 0.3) is 0 Å². The van der Waals surface area contributed by atoms with Crippen LogP contribution >= 0.6 is 0 Å². The van der Waals surface area contributed by atoms with E-state index in [9.17, 15) is 24.0 Å². The fourth-order valence-corrected chi connectivity index (χ4v) is 4.49. The normalized spacial score (nSPS) is 13.4. The zero-order valence-corrected chi connectivity index (χ0v) is 28.3. The van der Waals surface area contributed by atoms with Crippen LogP contribution in [0.1, 0.15) is 80.8 Å². The van der Waals surface area contributed by atoms with E-state index < -0.39 is 65.2 Å². The Hall–Kier alpha value is -4.61. The van der Waals surface area contributed by atoms with Crippen LogP contribution in [-0.4, -0.2) is 61.0 Å². The fraction of sp³-hybridized carbons (Fsp3) is 0.500. The van der Waals surface area contributed by atoms with E-state index in [1.165, 1.54) is 16.1 Å². The van der Waals surface area contributed by atoms with Crippen LogP contribution in [0.3, 0.4) is 0 Å². The number of nitrogens with zero attached hydrogens (tertiary/aromatic N) is 3. The predicted molar refractivity (Wildman–Crippen MR) is 171 cm³/mol. The Morgan fingerprint density at radius 2 is 1.17 bits per heavy atom. The van der Waals surface area contributed by atoms with Gasteiger partial charge in [0, 0.05) is 0 Å². The van der Waals surface area contributed by atoms with Gasteiger partial charge >= 0.3 is 29.8 Å². The van der Waals surface area contributed by atoms with Gasteiger partial charge in [0.1, 0.15) is 29.5 Å². The van der Waals surface area contributed by atoms with Crippen molar-refractivity contribution in [1.29, 1.82) is 0 Å². The summed E-state index contributed by atoms with van der Waals surface area (Å²) < 4.78 is 24.7. The third kappa shape index (κ3) is 9.45. The molecule has 0 spiro atoms. The molecule has 46 heavy (non-hydrogen) atoms. The summed E-state index contributed by atoms with van der Waals surface area (Å²) in [4.78, 5) is 68.8. The van der Waals surface area contributed by atoms with Crippen LogP contribution in [-0.2, 0) is 41.7 Å². The van der Waals surface area contributed by atoms with Gasteiger partial charge < -0.3 is 18.9 Å². The van der Waals surface area contributed by atoms with Gasteiger partial charge in [-0.2, -0.15) is 4.90 Å². The van der Waals surface area contributed by atoms with Gasteiger partial charge in [-0.05, 0) is 86.9 Å². The molecule has 12 nitrogen and oxygen atoms in total. The average molecular weight is 640 g/mol. The van der Waals surface area contributed by atoms with Crippen LogP contribution in [0.15, 0.2) is 59.4 Å². The summed E-state index contributed by atoms with van der Waals surface area (Å²) in [5.74, 6) is -1.62. The van der Waals surface area contributed by atoms with Crippen molar-refractivity contribution in [3.8, 4) is 0 Å². The summed E-state index contributed by atoms with van der Waals surface area (Å²) in [5.41, 5.74) is -2.19. The molecular weight excluding hydrogens is 594 g/mol. The average Bonchev–Trinajstić information content (AvgIpc) is 3.19. The zero-order valence-electron chi connectivity index (χ0n) is 28.3. The number of ether oxygens (including phenoxy) is 4. The fourth-order valence-electron chi connectivity index (χ4n) is 4.49. The van der Waals surface area contributed by atoms with E-state index in [1.807, 2.05) is 0 Å². The third-order valence-electron chi connectivity index (χ3n) is 6.35. The molecule has 0 N–H and O–H groups in total. The molecule has 0 saturated carbocycles. The molecule has 2 aromatic carbocycles. The van der Waals surface area contributed by atoms with Crippen LogP contribution in [0.2, 0.25) is 0 Å². The van der Waals surface area contributed by atoms with E-state index in [4.69, 9.17) is 18.9 Å². The Balaban J connectivity index is 2.18. The van der Waals surface area contributed by atoms with Crippen molar-refractivity contribution in [2.75, 3.05) is 0 Å². The molecule has 0 aliphatic carbocycles. The Labute approximate surface area is 269 Å². The molecule has 0 bridgehead atoms. The van der Waals surface area contributed by atoms with E-state index in [-0.39, 0.29) is 6.61 Å². The number of esters is 2. The topological polar surface area (TPSA) is 135 Å². The maximum atomic E-state index is 14.1. The number of benzene rings is 2. The quantitative estimate of drug-likeness (QED) is 0.215. The van der Waals surface area contributed by atoms with Crippen molar-refractivity contribution in [2.24, 2.45) is 0 Å². The molecule has 12 heteroatoms. The highest BCUT2D eigenvalue weighted by atomic mass is 16.6. The minimum atomic E-state index is -1.71. The number of imide groups is 1. The van der Waals surface area contributed by atoms with E-state index in [0.29, 0.717) is 21.5 Å². The molecule has 2 amide bonds. The summed E-state index contributed by atoms with van der Waals surface area (Å²) in [6, 6.07) is 12.8. The molecule has 0 fully saturated rings. The Morgan fingerprint density at radius 3 is 1.67 bits per heavy atom. The first-order valence-electron chi connectivity index (χ1n) is 15.1. The molecule has 0 radical (unpaired) electrons. The van der Waals surface area contributed by atoms with Gasteiger partial charge in [0.15, 0.2) is 6.04 Å². The van der Waals surface area contributed by atoms with Gasteiger partial charge in [-0.3, -0.25) is 9.13 Å².